The smallest absolute Gasteiger partial charge is 0.319 e. The van der Waals surface area contributed by atoms with E-state index >= 15 is 0 Å². The van der Waals surface area contributed by atoms with Gasteiger partial charge in [0.1, 0.15) is 6.04 Å². The van der Waals surface area contributed by atoms with Crippen molar-refractivity contribution in [1.29, 1.82) is 0 Å². The summed E-state index contributed by atoms with van der Waals surface area (Å²) in [5.41, 5.74) is 3.81. The zero-order valence-corrected chi connectivity index (χ0v) is 19.6. The molecule has 1 fully saturated rings. The molecule has 2 aliphatic rings. The molecule has 7 heteroatoms. The Labute approximate surface area is 200 Å². The van der Waals surface area contributed by atoms with Crippen LogP contribution in [0, 0.1) is 12.8 Å². The third-order valence-corrected chi connectivity index (χ3v) is 7.00. The lowest BCUT2D eigenvalue weighted by Crippen LogP contribution is -2.57. The molecule has 2 aromatic rings. The van der Waals surface area contributed by atoms with Crippen molar-refractivity contribution in [3.05, 3.63) is 65.2 Å². The van der Waals surface area contributed by atoms with Crippen LogP contribution in [0.15, 0.2) is 48.5 Å². The van der Waals surface area contributed by atoms with E-state index < -0.39 is 24.1 Å². The quantitative estimate of drug-likeness (QED) is 0.588. The molecule has 3 N–H and O–H groups in total. The summed E-state index contributed by atoms with van der Waals surface area (Å²) in [7, 11) is 0. The minimum atomic E-state index is -0.929. The van der Waals surface area contributed by atoms with Gasteiger partial charge in [0.15, 0.2) is 0 Å². The number of hydrogen-bond donors (Lipinski definition) is 3. The molecule has 2 atom stereocenters. The molecule has 0 radical (unpaired) electrons. The van der Waals surface area contributed by atoms with Crippen molar-refractivity contribution < 1.29 is 19.5 Å². The number of carboxylic acid groups (broad SMARTS) is 1. The molecule has 0 unspecified atom stereocenters. The topological polar surface area (TPSA) is 98.7 Å². The molecule has 1 aliphatic heterocycles. The monoisotopic (exact) mass is 463 g/mol. The SMILES string of the molecule is Cc1cccc(NC(=O)N[C@H](C(=O)N2Cc3ccccc3C[C@@H]2CC(=O)O)C2CCCCC2)c1. The highest BCUT2D eigenvalue weighted by molar-refractivity contribution is 5.94. The number of fused-ring (bicyclic) bond motifs is 1. The average Bonchev–Trinajstić information content (AvgIpc) is 2.82. The predicted octanol–water partition coefficient (Wildman–Crippen LogP) is 4.49. The van der Waals surface area contributed by atoms with Crippen molar-refractivity contribution in [2.45, 2.75) is 70.5 Å². The van der Waals surface area contributed by atoms with Crippen molar-refractivity contribution in [1.82, 2.24) is 10.2 Å². The fourth-order valence-corrected chi connectivity index (χ4v) is 5.29. The van der Waals surface area contributed by atoms with E-state index in [0.717, 1.165) is 48.8 Å². The molecule has 34 heavy (non-hydrogen) atoms. The van der Waals surface area contributed by atoms with Gasteiger partial charge < -0.3 is 20.6 Å². The number of urea groups is 1. The largest absolute Gasteiger partial charge is 0.481 e. The summed E-state index contributed by atoms with van der Waals surface area (Å²) in [5.74, 6) is -1.08. The van der Waals surface area contributed by atoms with E-state index in [9.17, 15) is 19.5 Å². The highest BCUT2D eigenvalue weighted by Crippen LogP contribution is 2.31. The van der Waals surface area contributed by atoms with Gasteiger partial charge in [-0.1, -0.05) is 55.7 Å². The second-order valence-corrected chi connectivity index (χ2v) is 9.53. The van der Waals surface area contributed by atoms with Crippen LogP contribution in [-0.4, -0.2) is 40.0 Å². The minimum absolute atomic E-state index is 0.0344. The van der Waals surface area contributed by atoms with Crippen molar-refractivity contribution >= 4 is 23.6 Å². The third kappa shape index (κ3) is 5.76. The molecule has 4 rings (SSSR count). The molecular formula is C27H33N3O4. The minimum Gasteiger partial charge on any atom is -0.481 e. The van der Waals surface area contributed by atoms with Crippen LogP contribution >= 0.6 is 0 Å². The lowest BCUT2D eigenvalue weighted by atomic mass is 9.82. The summed E-state index contributed by atoms with van der Waals surface area (Å²) in [4.78, 5) is 40.2. The lowest BCUT2D eigenvalue weighted by molar-refractivity contribution is -0.143. The number of hydrogen-bond acceptors (Lipinski definition) is 3. The van der Waals surface area contributed by atoms with Gasteiger partial charge in [0.05, 0.1) is 6.42 Å². The average molecular weight is 464 g/mol. The van der Waals surface area contributed by atoms with Gasteiger partial charge in [-0.25, -0.2) is 4.79 Å². The standard InChI is InChI=1S/C27H33N3O4/c1-18-8-7-13-22(14-18)28-27(34)29-25(19-9-3-2-4-10-19)26(33)30-17-21-12-6-5-11-20(21)15-23(30)16-24(31)32/h5-8,11-14,19,23,25H,2-4,9-10,15-17H2,1H3,(H,31,32)(H2,28,29,34)/t23-,25+/m1/s1. The van der Waals surface area contributed by atoms with Crippen LogP contribution in [0.25, 0.3) is 0 Å². The number of carbonyl (C=O) groups excluding carboxylic acids is 2. The molecule has 1 heterocycles. The van der Waals surface area contributed by atoms with Gasteiger partial charge in [0.25, 0.3) is 0 Å². The first kappa shape index (κ1) is 23.8. The van der Waals surface area contributed by atoms with Crippen LogP contribution in [0.4, 0.5) is 10.5 Å². The number of benzene rings is 2. The first-order valence-electron chi connectivity index (χ1n) is 12.1. The zero-order chi connectivity index (χ0) is 24.1. The predicted molar refractivity (Wildman–Crippen MR) is 130 cm³/mol. The van der Waals surface area contributed by atoms with Gasteiger partial charge in [-0.15, -0.1) is 0 Å². The summed E-state index contributed by atoms with van der Waals surface area (Å²) in [6.45, 7) is 2.31. The molecule has 0 aromatic heterocycles. The fraction of sp³-hybridized carbons (Fsp3) is 0.444. The Bertz CT molecular complexity index is 1050. The Morgan fingerprint density at radius 2 is 1.76 bits per heavy atom. The molecule has 0 spiro atoms. The van der Waals surface area contributed by atoms with Crippen LogP contribution in [0.3, 0.4) is 0 Å². The van der Waals surface area contributed by atoms with Crippen molar-refractivity contribution in [2.24, 2.45) is 5.92 Å². The van der Waals surface area contributed by atoms with Crippen LogP contribution in [0.2, 0.25) is 0 Å². The highest BCUT2D eigenvalue weighted by Gasteiger charge is 2.39. The molecular weight excluding hydrogens is 430 g/mol. The van der Waals surface area contributed by atoms with E-state index in [4.69, 9.17) is 0 Å². The van der Waals surface area contributed by atoms with Crippen molar-refractivity contribution in [3.63, 3.8) is 0 Å². The summed E-state index contributed by atoms with van der Waals surface area (Å²) in [6.07, 6.45) is 5.30. The summed E-state index contributed by atoms with van der Waals surface area (Å²) >= 11 is 0. The number of nitrogens with zero attached hydrogens (tertiary/aromatic N) is 1. The molecule has 0 bridgehead atoms. The summed E-state index contributed by atoms with van der Waals surface area (Å²) in [5, 5.41) is 15.3. The number of amides is 3. The van der Waals surface area contributed by atoms with Gasteiger partial charge in [0.2, 0.25) is 5.91 Å². The van der Waals surface area contributed by atoms with Crippen LogP contribution in [-0.2, 0) is 22.6 Å². The van der Waals surface area contributed by atoms with Gasteiger partial charge in [-0.3, -0.25) is 9.59 Å². The molecule has 180 valence electrons. The van der Waals surface area contributed by atoms with Gasteiger partial charge in [-0.2, -0.15) is 0 Å². The summed E-state index contributed by atoms with van der Waals surface area (Å²) < 4.78 is 0. The number of aliphatic carboxylic acids is 1. The molecule has 1 aliphatic carbocycles. The number of nitrogens with one attached hydrogen (secondary N) is 2. The Kier molecular flexibility index (Phi) is 7.50. The number of aryl methyl sites for hydroxylation is 1. The van der Waals surface area contributed by atoms with E-state index in [-0.39, 0.29) is 18.2 Å². The first-order valence-corrected chi connectivity index (χ1v) is 12.1. The maximum absolute atomic E-state index is 13.9. The van der Waals surface area contributed by atoms with E-state index in [1.807, 2.05) is 55.5 Å². The van der Waals surface area contributed by atoms with E-state index in [0.29, 0.717) is 18.7 Å². The van der Waals surface area contributed by atoms with Crippen LogP contribution < -0.4 is 10.6 Å². The number of rotatable bonds is 6. The lowest BCUT2D eigenvalue weighted by Gasteiger charge is -2.40. The normalized spacial score (nSPS) is 19.1. The zero-order valence-electron chi connectivity index (χ0n) is 19.6. The van der Waals surface area contributed by atoms with E-state index in [2.05, 4.69) is 10.6 Å². The van der Waals surface area contributed by atoms with Gasteiger partial charge >= 0.3 is 12.0 Å². The second-order valence-electron chi connectivity index (χ2n) is 9.53. The number of carbonyl (C=O) groups is 3. The maximum Gasteiger partial charge on any atom is 0.319 e. The van der Waals surface area contributed by atoms with Gasteiger partial charge in [-0.05, 0) is 60.9 Å². The molecule has 7 nitrogen and oxygen atoms in total. The van der Waals surface area contributed by atoms with Gasteiger partial charge in [0, 0.05) is 18.3 Å². The maximum atomic E-state index is 13.9. The second kappa shape index (κ2) is 10.7. The molecule has 0 saturated heterocycles. The first-order chi connectivity index (χ1) is 16.4. The van der Waals surface area contributed by atoms with E-state index in [1.165, 1.54) is 0 Å². The van der Waals surface area contributed by atoms with Crippen LogP contribution in [0.1, 0.15) is 55.2 Å². The highest BCUT2D eigenvalue weighted by atomic mass is 16.4. The number of carboxylic acids is 1. The molecule has 1 saturated carbocycles. The Balaban J connectivity index is 1.57. The Morgan fingerprint density at radius 1 is 1.03 bits per heavy atom. The van der Waals surface area contributed by atoms with Crippen molar-refractivity contribution in [3.8, 4) is 0 Å². The number of anilines is 1. The molecule has 2 aromatic carbocycles. The third-order valence-electron chi connectivity index (χ3n) is 7.00. The van der Waals surface area contributed by atoms with E-state index in [1.54, 1.807) is 4.90 Å². The Hall–Kier alpha value is -3.35. The Morgan fingerprint density at radius 3 is 2.47 bits per heavy atom. The van der Waals surface area contributed by atoms with Crippen molar-refractivity contribution in [2.75, 3.05) is 5.32 Å². The fourth-order valence-electron chi connectivity index (χ4n) is 5.29. The summed E-state index contributed by atoms with van der Waals surface area (Å²) in [6, 6.07) is 13.8. The molecule has 3 amide bonds. The van der Waals surface area contributed by atoms with Crippen LogP contribution in [0.5, 0.6) is 0 Å².